The molecule has 2 aromatic rings. The van der Waals surface area contributed by atoms with Gasteiger partial charge in [0, 0.05) is 25.0 Å². The molecule has 3 heteroatoms. The number of rotatable bonds is 5. The number of hydrogen-bond acceptors (Lipinski definition) is 3. The second kappa shape index (κ2) is 6.06. The highest BCUT2D eigenvalue weighted by atomic mass is 15.2. The molecule has 3 nitrogen and oxygen atoms in total. The molecule has 0 atom stereocenters. The summed E-state index contributed by atoms with van der Waals surface area (Å²) in [7, 11) is 0. The minimum Gasteiger partial charge on any atom is -0.326 e. The summed E-state index contributed by atoms with van der Waals surface area (Å²) in [5.74, 6) is 1.05. The van der Waals surface area contributed by atoms with E-state index in [-0.39, 0.29) is 0 Å². The smallest absolute Gasteiger partial charge is 0.132 e. The number of fused-ring (bicyclic) bond motifs is 1. The van der Waals surface area contributed by atoms with E-state index in [9.17, 15) is 0 Å². The van der Waals surface area contributed by atoms with Gasteiger partial charge in [0.25, 0.3) is 0 Å². The number of nitrogens with zero attached hydrogens (tertiary/aromatic N) is 2. The molecule has 1 aliphatic rings. The zero-order valence-electron chi connectivity index (χ0n) is 12.0. The zero-order chi connectivity index (χ0) is 13.8. The Hall–Kier alpha value is -1.87. The Balaban J connectivity index is 1.73. The summed E-state index contributed by atoms with van der Waals surface area (Å²) in [6.45, 7) is 5.16. The zero-order valence-corrected chi connectivity index (χ0v) is 12.0. The average molecular weight is 267 g/mol. The van der Waals surface area contributed by atoms with E-state index in [1.807, 2.05) is 6.20 Å². The molecule has 0 bridgehead atoms. The highest BCUT2D eigenvalue weighted by Gasteiger charge is 2.20. The fraction of sp³-hybridized carbons (Fsp3) is 0.353. The van der Waals surface area contributed by atoms with Gasteiger partial charge in [-0.3, -0.25) is 0 Å². The second-order valence-electron chi connectivity index (χ2n) is 5.23. The van der Waals surface area contributed by atoms with Gasteiger partial charge >= 0.3 is 0 Å². The SMILES string of the molecule is CCCNCc1ccc(N2CCc3ccccc32)nc1. The number of nitrogens with one attached hydrogen (secondary N) is 1. The number of hydrogen-bond donors (Lipinski definition) is 1. The van der Waals surface area contributed by atoms with Crippen molar-refractivity contribution < 1.29 is 0 Å². The predicted octanol–water partition coefficient (Wildman–Crippen LogP) is 3.28. The van der Waals surface area contributed by atoms with Crippen LogP contribution in [0.5, 0.6) is 0 Å². The monoisotopic (exact) mass is 267 g/mol. The first-order valence-electron chi connectivity index (χ1n) is 7.39. The topological polar surface area (TPSA) is 28.2 Å². The number of anilines is 2. The molecule has 1 aromatic carbocycles. The Morgan fingerprint density at radius 1 is 1.20 bits per heavy atom. The average Bonchev–Trinajstić information content (AvgIpc) is 2.92. The molecule has 2 heterocycles. The maximum atomic E-state index is 4.62. The fourth-order valence-corrected chi connectivity index (χ4v) is 2.67. The Morgan fingerprint density at radius 2 is 2.10 bits per heavy atom. The summed E-state index contributed by atoms with van der Waals surface area (Å²) in [6, 6.07) is 12.9. The molecule has 1 aliphatic heterocycles. The third-order valence-corrected chi connectivity index (χ3v) is 3.73. The van der Waals surface area contributed by atoms with Crippen molar-refractivity contribution in [1.82, 2.24) is 10.3 Å². The lowest BCUT2D eigenvalue weighted by Crippen LogP contribution is -2.16. The molecule has 0 saturated carbocycles. The van der Waals surface area contributed by atoms with Crippen LogP contribution in [-0.4, -0.2) is 18.1 Å². The lowest BCUT2D eigenvalue weighted by molar-refractivity contribution is 0.674. The third-order valence-electron chi connectivity index (χ3n) is 3.73. The summed E-state index contributed by atoms with van der Waals surface area (Å²) < 4.78 is 0. The van der Waals surface area contributed by atoms with E-state index in [1.165, 1.54) is 16.8 Å². The van der Waals surface area contributed by atoms with Gasteiger partial charge in [0.2, 0.25) is 0 Å². The van der Waals surface area contributed by atoms with Crippen LogP contribution >= 0.6 is 0 Å². The second-order valence-corrected chi connectivity index (χ2v) is 5.23. The molecule has 1 N–H and O–H groups in total. The quantitative estimate of drug-likeness (QED) is 0.843. The Labute approximate surface area is 120 Å². The Morgan fingerprint density at radius 3 is 2.90 bits per heavy atom. The van der Waals surface area contributed by atoms with E-state index < -0.39 is 0 Å². The third kappa shape index (κ3) is 2.68. The first-order chi connectivity index (χ1) is 9.88. The number of aromatic nitrogens is 1. The first kappa shape index (κ1) is 13.1. The molecule has 0 radical (unpaired) electrons. The van der Waals surface area contributed by atoms with Crippen molar-refractivity contribution in [2.24, 2.45) is 0 Å². The molecule has 0 unspecified atom stereocenters. The molecule has 0 saturated heterocycles. The van der Waals surface area contributed by atoms with Gasteiger partial charge in [0.05, 0.1) is 0 Å². The minimum atomic E-state index is 0.901. The van der Waals surface area contributed by atoms with E-state index in [0.717, 1.165) is 38.3 Å². The van der Waals surface area contributed by atoms with Crippen LogP contribution in [0.1, 0.15) is 24.5 Å². The molecule has 0 fully saturated rings. The molecular weight excluding hydrogens is 246 g/mol. The normalized spacial score (nSPS) is 13.6. The highest BCUT2D eigenvalue weighted by molar-refractivity contribution is 5.67. The molecule has 0 spiro atoms. The minimum absolute atomic E-state index is 0.901. The first-order valence-corrected chi connectivity index (χ1v) is 7.39. The van der Waals surface area contributed by atoms with Gasteiger partial charge in [-0.25, -0.2) is 4.98 Å². The predicted molar refractivity (Wildman–Crippen MR) is 83.4 cm³/mol. The number of pyridine rings is 1. The lowest BCUT2D eigenvalue weighted by atomic mass is 10.2. The summed E-state index contributed by atoms with van der Waals surface area (Å²) in [5.41, 5.74) is 3.97. The standard InChI is InChI=1S/C17H21N3/c1-2-10-18-12-14-7-8-17(19-13-14)20-11-9-15-5-3-4-6-16(15)20/h3-8,13,18H,2,9-12H2,1H3. The molecule has 0 aliphatic carbocycles. The molecule has 1 aromatic heterocycles. The maximum absolute atomic E-state index is 4.62. The lowest BCUT2D eigenvalue weighted by Gasteiger charge is -2.18. The van der Waals surface area contributed by atoms with Crippen molar-refractivity contribution in [2.45, 2.75) is 26.3 Å². The maximum Gasteiger partial charge on any atom is 0.132 e. The van der Waals surface area contributed by atoms with Crippen molar-refractivity contribution in [2.75, 3.05) is 18.0 Å². The Kier molecular flexibility index (Phi) is 3.97. The van der Waals surface area contributed by atoms with Crippen LogP contribution < -0.4 is 10.2 Å². The van der Waals surface area contributed by atoms with Gasteiger partial charge in [-0.15, -0.1) is 0 Å². The van der Waals surface area contributed by atoms with Crippen LogP contribution in [0.25, 0.3) is 0 Å². The van der Waals surface area contributed by atoms with Gasteiger partial charge < -0.3 is 10.2 Å². The Bertz CT molecular complexity index is 563. The molecule has 3 rings (SSSR count). The van der Waals surface area contributed by atoms with Gasteiger partial charge in [-0.05, 0) is 42.6 Å². The van der Waals surface area contributed by atoms with Crippen LogP contribution in [0.2, 0.25) is 0 Å². The van der Waals surface area contributed by atoms with E-state index in [2.05, 4.69) is 58.5 Å². The van der Waals surface area contributed by atoms with E-state index in [0.29, 0.717) is 0 Å². The number of para-hydroxylation sites is 1. The van der Waals surface area contributed by atoms with Crippen molar-refractivity contribution in [3.63, 3.8) is 0 Å². The van der Waals surface area contributed by atoms with Gasteiger partial charge in [-0.1, -0.05) is 31.2 Å². The molecular formula is C17H21N3. The van der Waals surface area contributed by atoms with E-state index in [1.54, 1.807) is 0 Å². The van der Waals surface area contributed by atoms with Gasteiger partial charge in [0.15, 0.2) is 0 Å². The van der Waals surface area contributed by atoms with Crippen LogP contribution in [0, 0.1) is 0 Å². The molecule has 0 amide bonds. The van der Waals surface area contributed by atoms with Crippen LogP contribution in [-0.2, 0) is 13.0 Å². The summed E-state index contributed by atoms with van der Waals surface area (Å²) in [6.07, 6.45) is 4.26. The van der Waals surface area contributed by atoms with E-state index in [4.69, 9.17) is 0 Å². The fourth-order valence-electron chi connectivity index (χ4n) is 2.67. The van der Waals surface area contributed by atoms with E-state index >= 15 is 0 Å². The van der Waals surface area contributed by atoms with Crippen molar-refractivity contribution in [1.29, 1.82) is 0 Å². The van der Waals surface area contributed by atoms with Gasteiger partial charge in [-0.2, -0.15) is 0 Å². The summed E-state index contributed by atoms with van der Waals surface area (Å²) >= 11 is 0. The van der Waals surface area contributed by atoms with Crippen molar-refractivity contribution in [3.8, 4) is 0 Å². The largest absolute Gasteiger partial charge is 0.326 e. The molecule has 20 heavy (non-hydrogen) atoms. The van der Waals surface area contributed by atoms with Crippen LogP contribution in [0.4, 0.5) is 11.5 Å². The summed E-state index contributed by atoms with van der Waals surface area (Å²) in [4.78, 5) is 6.93. The van der Waals surface area contributed by atoms with Crippen molar-refractivity contribution in [3.05, 3.63) is 53.7 Å². The summed E-state index contributed by atoms with van der Waals surface area (Å²) in [5, 5.41) is 3.40. The van der Waals surface area contributed by atoms with Crippen LogP contribution in [0.15, 0.2) is 42.6 Å². The van der Waals surface area contributed by atoms with Crippen molar-refractivity contribution >= 4 is 11.5 Å². The molecule has 104 valence electrons. The van der Waals surface area contributed by atoms with Crippen LogP contribution in [0.3, 0.4) is 0 Å². The van der Waals surface area contributed by atoms with Gasteiger partial charge in [0.1, 0.15) is 5.82 Å². The highest BCUT2D eigenvalue weighted by Crippen LogP contribution is 2.32. The number of benzene rings is 1.